The second kappa shape index (κ2) is 6.12. The van der Waals surface area contributed by atoms with Gasteiger partial charge in [-0.25, -0.2) is 9.48 Å². The van der Waals surface area contributed by atoms with Crippen molar-refractivity contribution < 1.29 is 9.59 Å². The Bertz CT molecular complexity index is 725. The van der Waals surface area contributed by atoms with E-state index in [2.05, 4.69) is 10.4 Å². The molecule has 0 radical (unpaired) electrons. The summed E-state index contributed by atoms with van der Waals surface area (Å²) >= 11 is 0. The van der Waals surface area contributed by atoms with E-state index in [4.69, 9.17) is 5.73 Å². The number of primary amides is 1. The highest BCUT2D eigenvalue weighted by atomic mass is 16.2. The van der Waals surface area contributed by atoms with Crippen LogP contribution in [0.2, 0.25) is 0 Å². The number of aromatic nitrogens is 2. The topological polar surface area (TPSA) is 93.2 Å². The lowest BCUT2D eigenvalue weighted by molar-refractivity contribution is -0.119. The van der Waals surface area contributed by atoms with Gasteiger partial charge in [0.15, 0.2) is 5.82 Å². The fourth-order valence-electron chi connectivity index (χ4n) is 2.88. The average molecular weight is 313 g/mol. The summed E-state index contributed by atoms with van der Waals surface area (Å²) in [5.74, 6) is 0.215. The van der Waals surface area contributed by atoms with E-state index in [0.717, 1.165) is 17.8 Å². The van der Waals surface area contributed by atoms with Crippen molar-refractivity contribution in [3.05, 3.63) is 42.1 Å². The second-order valence-electron chi connectivity index (χ2n) is 5.60. The lowest BCUT2D eigenvalue weighted by Crippen LogP contribution is -2.45. The van der Waals surface area contributed by atoms with Gasteiger partial charge in [0.05, 0.1) is 5.69 Å². The zero-order chi connectivity index (χ0) is 16.4. The Balaban J connectivity index is 1.76. The Morgan fingerprint density at radius 1 is 1.30 bits per heavy atom. The first-order chi connectivity index (χ1) is 11.1. The fraction of sp³-hybridized carbons (Fsp3) is 0.312. The number of urea groups is 1. The molecule has 1 aliphatic rings. The highest BCUT2D eigenvalue weighted by molar-refractivity contribution is 5.96. The van der Waals surface area contributed by atoms with Crippen LogP contribution in [0.25, 0.3) is 5.69 Å². The minimum absolute atomic E-state index is 0.251. The van der Waals surface area contributed by atoms with Crippen molar-refractivity contribution in [2.45, 2.75) is 25.8 Å². The number of carbonyl (C=O) groups excluding carboxylic acids is 2. The van der Waals surface area contributed by atoms with Crippen LogP contribution < -0.4 is 11.1 Å². The number of hydrogen-bond donors (Lipinski definition) is 2. The van der Waals surface area contributed by atoms with E-state index in [-0.39, 0.29) is 5.91 Å². The van der Waals surface area contributed by atoms with E-state index in [1.54, 1.807) is 10.7 Å². The van der Waals surface area contributed by atoms with Crippen molar-refractivity contribution in [2.75, 3.05) is 11.9 Å². The predicted molar refractivity (Wildman–Crippen MR) is 86.2 cm³/mol. The molecule has 7 heteroatoms. The van der Waals surface area contributed by atoms with Gasteiger partial charge in [0.1, 0.15) is 6.04 Å². The molecule has 1 aromatic carbocycles. The van der Waals surface area contributed by atoms with Crippen LogP contribution in [0.1, 0.15) is 18.5 Å². The van der Waals surface area contributed by atoms with Gasteiger partial charge in [-0.2, -0.15) is 0 Å². The minimum Gasteiger partial charge on any atom is -0.351 e. The van der Waals surface area contributed by atoms with Crippen molar-refractivity contribution in [1.82, 2.24) is 14.7 Å². The maximum atomic E-state index is 12.4. The van der Waals surface area contributed by atoms with Crippen LogP contribution in [0.4, 0.5) is 10.6 Å². The monoisotopic (exact) mass is 313 g/mol. The highest BCUT2D eigenvalue weighted by Crippen LogP contribution is 2.20. The highest BCUT2D eigenvalue weighted by Gasteiger charge is 2.33. The molecule has 2 aromatic rings. The number of para-hydroxylation sites is 1. The molecule has 3 amide bonds. The van der Waals surface area contributed by atoms with Crippen LogP contribution in [0.3, 0.4) is 0 Å². The molecular formula is C16H19N5O2. The van der Waals surface area contributed by atoms with Crippen molar-refractivity contribution in [3.63, 3.8) is 0 Å². The summed E-state index contributed by atoms with van der Waals surface area (Å²) in [5, 5.41) is 7.19. The molecule has 0 spiro atoms. The predicted octanol–water partition coefficient (Wildman–Crippen LogP) is 1.66. The molecule has 23 heavy (non-hydrogen) atoms. The summed E-state index contributed by atoms with van der Waals surface area (Å²) in [6, 6.07) is 10.4. The fourth-order valence-corrected chi connectivity index (χ4v) is 2.88. The van der Waals surface area contributed by atoms with Gasteiger partial charge in [-0.15, -0.1) is 5.10 Å². The normalized spacial score (nSPS) is 17.3. The molecule has 3 rings (SSSR count). The number of benzene rings is 1. The summed E-state index contributed by atoms with van der Waals surface area (Å²) in [5.41, 5.74) is 7.14. The Morgan fingerprint density at radius 2 is 2.04 bits per heavy atom. The molecule has 1 aliphatic heterocycles. The van der Waals surface area contributed by atoms with Crippen molar-refractivity contribution in [1.29, 1.82) is 0 Å². The standard InChI is InChI=1S/C16H19N5O2/c1-11-10-14(19-21(11)12-6-3-2-4-7-12)18-15(22)13-8-5-9-20(13)16(17)23/h2-4,6-7,10,13H,5,8-9H2,1H3,(H2,17,23)(H,18,19,22)/t13-/m0/s1. The first kappa shape index (κ1) is 15.1. The largest absolute Gasteiger partial charge is 0.351 e. The number of nitrogens with zero attached hydrogens (tertiary/aromatic N) is 3. The third-order valence-electron chi connectivity index (χ3n) is 3.98. The first-order valence-electron chi connectivity index (χ1n) is 7.55. The number of rotatable bonds is 3. The molecule has 0 bridgehead atoms. The smallest absolute Gasteiger partial charge is 0.315 e. The number of anilines is 1. The zero-order valence-electron chi connectivity index (χ0n) is 12.9. The van der Waals surface area contributed by atoms with E-state index in [0.29, 0.717) is 18.8 Å². The van der Waals surface area contributed by atoms with Crippen LogP contribution in [0, 0.1) is 6.92 Å². The van der Waals surface area contributed by atoms with Crippen LogP contribution in [0.5, 0.6) is 0 Å². The molecule has 0 saturated carbocycles. The quantitative estimate of drug-likeness (QED) is 0.902. The van der Waals surface area contributed by atoms with Crippen LogP contribution in [-0.4, -0.2) is 39.2 Å². The van der Waals surface area contributed by atoms with E-state index in [1.807, 2.05) is 37.3 Å². The van der Waals surface area contributed by atoms with Crippen LogP contribution >= 0.6 is 0 Å². The summed E-state index contributed by atoms with van der Waals surface area (Å²) in [6.07, 6.45) is 1.39. The summed E-state index contributed by atoms with van der Waals surface area (Å²) in [4.78, 5) is 25.1. The molecule has 2 heterocycles. The molecule has 1 atom stereocenters. The molecule has 1 aromatic heterocycles. The van der Waals surface area contributed by atoms with Gasteiger partial charge in [0.25, 0.3) is 0 Å². The Hall–Kier alpha value is -2.83. The van der Waals surface area contributed by atoms with Crippen LogP contribution in [0.15, 0.2) is 36.4 Å². The maximum Gasteiger partial charge on any atom is 0.315 e. The summed E-state index contributed by atoms with van der Waals surface area (Å²) in [6.45, 7) is 2.44. The maximum absolute atomic E-state index is 12.4. The van der Waals surface area contributed by atoms with Crippen LogP contribution in [-0.2, 0) is 4.79 Å². The molecule has 120 valence electrons. The molecule has 1 saturated heterocycles. The van der Waals surface area contributed by atoms with Crippen molar-refractivity contribution >= 4 is 17.8 Å². The molecule has 1 fully saturated rings. The minimum atomic E-state index is -0.561. The Kier molecular flexibility index (Phi) is 4.01. The van der Waals surface area contributed by atoms with Crippen molar-refractivity contribution in [3.8, 4) is 5.69 Å². The number of amides is 3. The SMILES string of the molecule is Cc1cc(NC(=O)[C@@H]2CCCN2C(N)=O)nn1-c1ccccc1. The van der Waals surface area contributed by atoms with E-state index >= 15 is 0 Å². The number of hydrogen-bond acceptors (Lipinski definition) is 3. The Morgan fingerprint density at radius 3 is 2.74 bits per heavy atom. The first-order valence-corrected chi connectivity index (χ1v) is 7.55. The van der Waals surface area contributed by atoms with E-state index < -0.39 is 12.1 Å². The lowest BCUT2D eigenvalue weighted by atomic mass is 10.2. The number of likely N-dealkylation sites (tertiary alicyclic amines) is 1. The van der Waals surface area contributed by atoms with Gasteiger partial charge in [0, 0.05) is 18.3 Å². The molecule has 0 aliphatic carbocycles. The van der Waals surface area contributed by atoms with Gasteiger partial charge in [-0.3, -0.25) is 4.79 Å². The Labute approximate surface area is 134 Å². The van der Waals surface area contributed by atoms with Gasteiger partial charge in [-0.1, -0.05) is 18.2 Å². The van der Waals surface area contributed by atoms with Gasteiger partial charge >= 0.3 is 6.03 Å². The van der Waals surface area contributed by atoms with Crippen molar-refractivity contribution in [2.24, 2.45) is 5.73 Å². The van der Waals surface area contributed by atoms with E-state index in [1.165, 1.54) is 4.90 Å². The zero-order valence-corrected chi connectivity index (χ0v) is 12.9. The molecule has 3 N–H and O–H groups in total. The number of nitrogens with two attached hydrogens (primary N) is 1. The number of carbonyl (C=O) groups is 2. The van der Waals surface area contributed by atoms with Gasteiger partial charge in [0.2, 0.25) is 5.91 Å². The molecular weight excluding hydrogens is 294 g/mol. The third-order valence-corrected chi connectivity index (χ3v) is 3.98. The lowest BCUT2D eigenvalue weighted by Gasteiger charge is -2.21. The average Bonchev–Trinajstić information content (AvgIpc) is 3.15. The third kappa shape index (κ3) is 3.03. The molecule has 0 unspecified atom stereocenters. The number of aryl methyl sites for hydroxylation is 1. The number of nitrogens with one attached hydrogen (secondary N) is 1. The van der Waals surface area contributed by atoms with Gasteiger partial charge < -0.3 is 16.0 Å². The molecule has 7 nitrogen and oxygen atoms in total. The van der Waals surface area contributed by atoms with Gasteiger partial charge in [-0.05, 0) is 31.9 Å². The van der Waals surface area contributed by atoms with E-state index in [9.17, 15) is 9.59 Å². The second-order valence-corrected chi connectivity index (χ2v) is 5.60. The summed E-state index contributed by atoms with van der Waals surface area (Å²) < 4.78 is 1.76. The summed E-state index contributed by atoms with van der Waals surface area (Å²) in [7, 11) is 0.